The molecule has 1 aliphatic rings. The number of benzene rings is 3. The van der Waals surface area contributed by atoms with Crippen LogP contribution < -0.4 is 20.1 Å². The molecule has 0 bridgehead atoms. The molecular formula is C33H31ClFN7O3S. The third-order valence-electron chi connectivity index (χ3n) is 7.57. The van der Waals surface area contributed by atoms with Crippen molar-refractivity contribution < 1.29 is 17.5 Å². The second-order valence-electron chi connectivity index (χ2n) is 10.8. The van der Waals surface area contributed by atoms with Crippen LogP contribution in [0.4, 0.5) is 16.0 Å². The van der Waals surface area contributed by atoms with Gasteiger partial charge in [0.25, 0.3) is 0 Å². The first-order chi connectivity index (χ1) is 21.8. The van der Waals surface area contributed by atoms with Gasteiger partial charge in [-0.2, -0.15) is 5.26 Å². The highest BCUT2D eigenvalue weighted by Gasteiger charge is 2.22. The van der Waals surface area contributed by atoms with E-state index in [1.54, 1.807) is 60.9 Å². The summed E-state index contributed by atoms with van der Waals surface area (Å²) in [4.78, 5) is 13.6. The highest BCUT2D eigenvalue weighted by molar-refractivity contribution is 7.91. The largest absolute Gasteiger partial charge is 0.437 e. The predicted octanol–water partition coefficient (Wildman–Crippen LogP) is 6.33. The van der Waals surface area contributed by atoms with E-state index < -0.39 is 21.6 Å². The van der Waals surface area contributed by atoms with Crippen molar-refractivity contribution in [3.8, 4) is 29.0 Å². The lowest BCUT2D eigenvalue weighted by atomic mass is 10.0. The van der Waals surface area contributed by atoms with Crippen LogP contribution in [0.5, 0.6) is 11.6 Å². The van der Waals surface area contributed by atoms with Crippen LogP contribution in [0.15, 0.2) is 79.1 Å². The number of aromatic nitrogens is 3. The predicted molar refractivity (Wildman–Crippen MR) is 178 cm³/mol. The van der Waals surface area contributed by atoms with Gasteiger partial charge in [-0.25, -0.2) is 27.8 Å². The summed E-state index contributed by atoms with van der Waals surface area (Å²) in [6.07, 6.45) is 5.38. The zero-order valence-electron chi connectivity index (χ0n) is 24.8. The Balaban J connectivity index is 0.00000417. The zero-order chi connectivity index (χ0) is 31.4. The van der Waals surface area contributed by atoms with Crippen molar-refractivity contribution in [2.75, 3.05) is 23.1 Å². The second kappa shape index (κ2) is 14.1. The zero-order valence-corrected chi connectivity index (χ0v) is 26.5. The number of rotatable bonds is 9. The van der Waals surface area contributed by atoms with Gasteiger partial charge in [-0.05, 0) is 73.8 Å². The molecule has 0 aliphatic carbocycles. The van der Waals surface area contributed by atoms with E-state index in [1.165, 1.54) is 12.1 Å². The number of fused-ring (bicyclic) bond motifs is 1. The fourth-order valence-electron chi connectivity index (χ4n) is 5.35. The highest BCUT2D eigenvalue weighted by atomic mass is 35.5. The van der Waals surface area contributed by atoms with Crippen LogP contribution >= 0.6 is 12.4 Å². The number of nitriles is 1. The number of nitrogens with zero attached hydrogens (tertiary/aromatic N) is 4. The van der Waals surface area contributed by atoms with Crippen LogP contribution in [0.1, 0.15) is 29.5 Å². The van der Waals surface area contributed by atoms with E-state index in [2.05, 4.69) is 25.3 Å². The maximum atomic E-state index is 15.2. The van der Waals surface area contributed by atoms with E-state index in [4.69, 9.17) is 9.72 Å². The molecule has 46 heavy (non-hydrogen) atoms. The van der Waals surface area contributed by atoms with E-state index >= 15 is 4.39 Å². The van der Waals surface area contributed by atoms with Crippen LogP contribution in [0, 0.1) is 24.1 Å². The summed E-state index contributed by atoms with van der Waals surface area (Å²) in [5, 5.41) is 16.9. The number of nitrogens with one attached hydrogen (secondary N) is 3. The number of anilines is 2. The lowest BCUT2D eigenvalue weighted by Crippen LogP contribution is -2.38. The van der Waals surface area contributed by atoms with Gasteiger partial charge in [-0.3, -0.25) is 4.72 Å². The van der Waals surface area contributed by atoms with E-state index in [-0.39, 0.29) is 35.6 Å². The molecule has 1 aliphatic heterocycles. The Morgan fingerprint density at radius 2 is 1.87 bits per heavy atom. The first-order valence-electron chi connectivity index (χ1n) is 14.4. The number of hydrogen-bond acceptors (Lipinski definition) is 9. The fraction of sp³-hybridized carbons (Fsp3) is 0.212. The molecule has 236 valence electrons. The minimum absolute atomic E-state index is 0. The smallest absolute Gasteiger partial charge is 0.237 e. The van der Waals surface area contributed by atoms with Gasteiger partial charge in [0.05, 0.1) is 34.3 Å². The quantitative estimate of drug-likeness (QED) is 0.165. The van der Waals surface area contributed by atoms with Crippen LogP contribution in [0.3, 0.4) is 0 Å². The Bertz CT molecular complexity index is 2030. The topological polar surface area (TPSA) is 142 Å². The minimum Gasteiger partial charge on any atom is -0.437 e. The number of ether oxygens (including phenoxy) is 1. The van der Waals surface area contributed by atoms with Gasteiger partial charge in [0, 0.05) is 35.8 Å². The molecule has 1 fully saturated rings. The summed E-state index contributed by atoms with van der Waals surface area (Å²) in [6, 6.07) is 20.1. The molecule has 3 aromatic carbocycles. The van der Waals surface area contributed by atoms with Gasteiger partial charge in [0.1, 0.15) is 11.6 Å². The van der Waals surface area contributed by atoms with Crippen molar-refractivity contribution in [1.29, 1.82) is 5.26 Å². The lowest BCUT2D eigenvalue weighted by molar-refractivity contribution is 0.466. The molecule has 1 saturated heterocycles. The van der Waals surface area contributed by atoms with Gasteiger partial charge >= 0.3 is 0 Å². The standard InChI is InChI=1S/C33H30FN7O3S.ClH/c1-21-10-11-25-26(12-13-28(34)30(25)41-45(42,43)20-23-7-3-2-6-22(23)18-35)31(21)44-32-27(9-5-16-37-32)29-14-17-38-33(40-29)39-24-8-4-15-36-19-24;/h2-3,5-7,9-14,16-17,24,36,41H,4,8,15,19-20H2,1H3,(H,38,39,40);1H. The SMILES string of the molecule is Cc1ccc2c(NS(=O)(=O)Cc3ccccc3C#N)c(F)ccc2c1Oc1ncccc1-c1ccnc(NC2CCCNC2)n1.Cl. The van der Waals surface area contributed by atoms with Gasteiger partial charge in [-0.1, -0.05) is 30.3 Å². The Kier molecular flexibility index (Phi) is 9.96. The molecular weight excluding hydrogens is 629 g/mol. The summed E-state index contributed by atoms with van der Waals surface area (Å²) in [6.45, 7) is 3.68. The van der Waals surface area contributed by atoms with Crippen molar-refractivity contribution in [2.45, 2.75) is 31.6 Å². The number of halogens is 2. The molecule has 2 aromatic heterocycles. The lowest BCUT2D eigenvalue weighted by Gasteiger charge is -2.23. The van der Waals surface area contributed by atoms with Gasteiger partial charge in [-0.15, -0.1) is 12.4 Å². The molecule has 6 rings (SSSR count). The van der Waals surface area contributed by atoms with Crippen molar-refractivity contribution >= 4 is 44.8 Å². The molecule has 10 nitrogen and oxygen atoms in total. The normalized spacial score (nSPS) is 14.6. The molecule has 1 unspecified atom stereocenters. The third-order valence-corrected chi connectivity index (χ3v) is 8.78. The molecule has 1 atom stereocenters. The molecule has 0 radical (unpaired) electrons. The van der Waals surface area contributed by atoms with Crippen molar-refractivity contribution in [3.63, 3.8) is 0 Å². The van der Waals surface area contributed by atoms with Crippen LogP contribution in [-0.4, -0.2) is 42.5 Å². The maximum absolute atomic E-state index is 15.2. The Hall–Kier alpha value is -4.83. The van der Waals surface area contributed by atoms with Crippen LogP contribution in [0.2, 0.25) is 0 Å². The third kappa shape index (κ3) is 7.18. The highest BCUT2D eigenvalue weighted by Crippen LogP contribution is 2.40. The number of pyridine rings is 1. The number of piperidine rings is 1. The molecule has 0 saturated carbocycles. The van der Waals surface area contributed by atoms with Gasteiger partial charge in [0.15, 0.2) is 0 Å². The first-order valence-corrected chi connectivity index (χ1v) is 16.1. The van der Waals surface area contributed by atoms with Crippen LogP contribution in [-0.2, 0) is 15.8 Å². The molecule has 13 heteroatoms. The summed E-state index contributed by atoms with van der Waals surface area (Å²) >= 11 is 0. The van der Waals surface area contributed by atoms with Crippen LogP contribution in [0.25, 0.3) is 22.0 Å². The van der Waals surface area contributed by atoms with Crippen molar-refractivity contribution in [2.24, 2.45) is 0 Å². The average Bonchev–Trinajstić information content (AvgIpc) is 3.04. The van der Waals surface area contributed by atoms with E-state index in [1.807, 2.05) is 19.1 Å². The molecule has 3 heterocycles. The van der Waals surface area contributed by atoms with Crippen molar-refractivity contribution in [3.05, 3.63) is 102 Å². The van der Waals surface area contributed by atoms with E-state index in [0.29, 0.717) is 39.3 Å². The first kappa shape index (κ1) is 32.6. The van der Waals surface area contributed by atoms with Crippen molar-refractivity contribution in [1.82, 2.24) is 20.3 Å². The molecule has 3 N–H and O–H groups in total. The minimum atomic E-state index is -4.09. The fourth-order valence-corrected chi connectivity index (χ4v) is 6.60. The van der Waals surface area contributed by atoms with E-state index in [9.17, 15) is 13.7 Å². The summed E-state index contributed by atoms with van der Waals surface area (Å²) in [5.41, 5.74) is 2.30. The second-order valence-corrected chi connectivity index (χ2v) is 12.5. The Labute approximate surface area is 272 Å². The maximum Gasteiger partial charge on any atom is 0.237 e. The average molecular weight is 660 g/mol. The summed E-state index contributed by atoms with van der Waals surface area (Å²) < 4.78 is 50.4. The van der Waals surface area contributed by atoms with Gasteiger partial charge in [0.2, 0.25) is 21.9 Å². The monoisotopic (exact) mass is 659 g/mol. The molecule has 5 aromatic rings. The molecule has 0 amide bonds. The Morgan fingerprint density at radius 3 is 2.67 bits per heavy atom. The Morgan fingerprint density at radius 1 is 1.04 bits per heavy atom. The number of aryl methyl sites for hydroxylation is 1. The summed E-state index contributed by atoms with van der Waals surface area (Å²) in [5.74, 6) is -0.0732. The number of hydrogen-bond donors (Lipinski definition) is 3. The van der Waals surface area contributed by atoms with E-state index in [0.717, 1.165) is 31.5 Å². The number of sulfonamides is 1. The summed E-state index contributed by atoms with van der Waals surface area (Å²) in [7, 11) is -4.09. The molecule has 0 spiro atoms. The van der Waals surface area contributed by atoms with Gasteiger partial charge < -0.3 is 15.4 Å².